The highest BCUT2D eigenvalue weighted by molar-refractivity contribution is 6.30. The molecule has 25 heteroatoms. The molecule has 0 aromatic carbocycles. The van der Waals surface area contributed by atoms with E-state index in [0.717, 1.165) is 212 Å². The number of Topliss-reactive ketones (excluding diaryl/α,β-unsaturated/α-hetero) is 5. The number of alkyl halides is 2. The van der Waals surface area contributed by atoms with Crippen molar-refractivity contribution in [1.29, 1.82) is 0 Å². The number of aliphatic hydroxyl groups is 5. The van der Waals surface area contributed by atoms with Crippen LogP contribution in [0, 0.1) is 234 Å². The number of fused-ring (bicyclic) bond motifs is 25. The number of ether oxygens (including phenoxy) is 1. The van der Waals surface area contributed by atoms with Gasteiger partial charge in [-0.1, -0.05) is 52.4 Å². The summed E-state index contributed by atoms with van der Waals surface area (Å²) in [5.74, 6) is 30.0. The number of aromatic nitrogens is 11. The Morgan fingerprint density at radius 1 is 0.327 bits per heavy atom. The molecule has 150 heavy (non-hydrogen) atoms. The Morgan fingerprint density at radius 3 is 0.947 bits per heavy atom. The highest BCUT2D eigenvalue weighted by Gasteiger charge is 2.67. The van der Waals surface area contributed by atoms with E-state index in [1.165, 1.54) is 148 Å². The van der Waals surface area contributed by atoms with E-state index in [1.54, 1.807) is 67.8 Å². The summed E-state index contributed by atoms with van der Waals surface area (Å²) in [5.41, 5.74) is -3.70. The molecule has 0 saturated heterocycles. The van der Waals surface area contributed by atoms with Crippen molar-refractivity contribution >= 4 is 40.5 Å². The van der Waals surface area contributed by atoms with Gasteiger partial charge in [0.2, 0.25) is 0 Å². The second-order valence-corrected chi connectivity index (χ2v) is 56.0. The lowest BCUT2D eigenvalue weighted by molar-refractivity contribution is -0.160. The van der Waals surface area contributed by atoms with Gasteiger partial charge in [0.15, 0.2) is 28.9 Å². The monoisotopic (exact) mass is 2080 g/mol. The molecule has 0 unspecified atom stereocenters. The normalized spacial score (nSPS) is 45.8. The number of rotatable bonds is 18. The van der Waals surface area contributed by atoms with Crippen molar-refractivity contribution < 1.29 is 63.0 Å². The minimum Gasteiger partial charge on any atom is -0.390 e. The van der Waals surface area contributed by atoms with Gasteiger partial charge >= 0.3 is 0 Å². The van der Waals surface area contributed by atoms with Crippen LogP contribution in [-0.2, 0) is 61.4 Å². The average molecular weight is 2080 g/mol. The maximum atomic E-state index is 13.4. The SMILES string of the molecule is COC[C@@]1(O)CC[C@H]2[C@H](CC[C@@H]3[C@@H]2CC[C@]2(C)[C@@H](C(=O)Cn4cccn4)CC[C@@H]32)C1.C[C@@]1(O)CC[C@H]2[C@H](CC[C@@H]3[C@@H]2CC[C@]2(C)[C@@H](C(=O)Cn4nccn4)CC[C@@H]32)C1.C[C@]12CC[C@H]3[C@@H](CC[C@@H]4C[C@@](O)(C#CC5CC5)CC[C@@H]43)[C@@H]1CC[C@@H]2C(=O)Cn1cccn1.C[C@]12CC[C@H]3[C@@H](CC[C@@H]4C[C@@](O)(C#CCl)CC[C@@H]43)[C@@H]1CC[C@@H]2C(=O)Cn1cccn1.C[C@]12CC[C@H]3[C@@H](CC[C@@H]4C[C@@](O)(C(F)F)CC[C@@H]43)[C@@H]1CC[C@@H]2C(=O)Cn1cccn1. The second kappa shape index (κ2) is 42.9. The molecule has 26 rings (SSSR count). The summed E-state index contributed by atoms with van der Waals surface area (Å²) < 4.78 is 39.2. The van der Waals surface area contributed by atoms with E-state index in [1.807, 2.05) is 56.0 Å². The van der Waals surface area contributed by atoms with E-state index >= 15 is 0 Å². The van der Waals surface area contributed by atoms with E-state index in [4.69, 9.17) is 16.3 Å². The Bertz CT molecular complexity index is 5640. The quantitative estimate of drug-likeness (QED) is 0.0509. The van der Waals surface area contributed by atoms with E-state index in [-0.39, 0.29) is 75.4 Å². The van der Waals surface area contributed by atoms with Crippen LogP contribution in [0.3, 0.4) is 0 Å². The van der Waals surface area contributed by atoms with Crippen molar-refractivity contribution in [2.45, 2.75) is 410 Å². The highest BCUT2D eigenvalue weighted by atomic mass is 35.5. The first-order chi connectivity index (χ1) is 72.0. The number of carbonyl (C=O) groups excluding carboxylic acids is 5. The van der Waals surface area contributed by atoms with Gasteiger partial charge in [0.1, 0.15) is 23.3 Å². The molecule has 21 aliphatic carbocycles. The van der Waals surface area contributed by atoms with Crippen LogP contribution in [0.5, 0.6) is 0 Å². The molecular formula is C125H178ClF2N11O11. The fraction of sp³-hybridized carbons (Fsp3) is 0.816. The molecule has 0 radical (unpaired) electrons. The van der Waals surface area contributed by atoms with Crippen molar-refractivity contribution in [1.82, 2.24) is 54.1 Å². The summed E-state index contributed by atoms with van der Waals surface area (Å²) in [6.07, 6.45) is 65.9. The van der Waals surface area contributed by atoms with Gasteiger partial charge in [0.05, 0.1) is 56.4 Å². The third-order valence-electron chi connectivity index (χ3n) is 48.8. The van der Waals surface area contributed by atoms with E-state index < -0.39 is 34.4 Å². The Balaban J connectivity index is 0.000000106. The lowest BCUT2D eigenvalue weighted by Gasteiger charge is -2.57. The van der Waals surface area contributed by atoms with Crippen LogP contribution < -0.4 is 0 Å². The maximum absolute atomic E-state index is 13.4. The number of carbonyl (C=O) groups is 5. The van der Waals surface area contributed by atoms with Gasteiger partial charge in [0, 0.05) is 97.6 Å². The van der Waals surface area contributed by atoms with Gasteiger partial charge in [-0.25, -0.2) is 8.78 Å². The molecular weight excluding hydrogens is 1900 g/mol. The van der Waals surface area contributed by atoms with Crippen LogP contribution in [0.15, 0.2) is 86.2 Å². The second-order valence-electron chi connectivity index (χ2n) is 55.9. The van der Waals surface area contributed by atoms with Crippen molar-refractivity contribution in [3.05, 3.63) is 86.2 Å². The van der Waals surface area contributed by atoms with Crippen molar-refractivity contribution in [2.24, 2.45) is 211 Å². The smallest absolute Gasteiger partial charge is 0.266 e. The lowest BCUT2D eigenvalue weighted by Crippen LogP contribution is -2.53. The molecule has 820 valence electrons. The standard InChI is InChI=1S/C28H38N2O2.C25H33ClN2O2.C25H38N2O3.C24H34F2N2O2.C23H35N3O2/c1-27-12-10-22-21-11-14-28(32,13-9-19-3-4-19)17-20(21)5-6-23(22)24(27)7-8-25(27)26(31)18-30-16-2-15-29-30;1-24-9-7-19-18-8-10-25(30,11-12-26)15-17(18)3-4-20(19)21(24)5-6-22(24)23(29)16-28-14-2-13-27-28;1-24-10-8-19-18-9-11-25(29,16-30-2)14-17(18)4-5-20(19)21(24)6-7-22(24)23(28)15-27-13-3-12-26-27;1-23-9-7-17-16-8-10-24(30,22(25)26)13-15(16)3-4-18(17)19(23)5-6-20(23)21(29)14-28-12-2-11-27-28;1-22(28)9-7-16-15(13-22)3-4-18-17(16)8-10-23(2)19(18)5-6-20(23)21(27)14-26-24-11-12-25-26/h2,15-16,19-25,32H,3-8,10-12,14,17-18H2,1H3;2,13-14,17-22,30H,3-10,15-16H2,1H3;3,12-13,17-22,29H,4-11,14-16H2,1-2H3;2,11-12,15-20,22,30H,3-10,13-14H2,1H3;11-12,15-20,28H,3-10,13-14H2,1-2H3/t20-,21+,22-,23-,24+,25-,27+,28-;17-,18+,19-,20-,21+,22-,24+,25+;17-,18+,19-,20-,21+,22-,24+,25-;15-,16+,17-,18-,19+,20-,23+,24-;15-,16+,17-,18-,19+,20-,22-,23+/m11111/s1. The van der Waals surface area contributed by atoms with Crippen LogP contribution in [-0.4, -0.2) is 157 Å². The topological polar surface area (TPSA) is 298 Å². The van der Waals surface area contributed by atoms with Crippen LogP contribution in [0.2, 0.25) is 0 Å². The zero-order valence-corrected chi connectivity index (χ0v) is 92.0. The summed E-state index contributed by atoms with van der Waals surface area (Å²) in [6.45, 7) is 16.5. The number of hydrogen-bond acceptors (Lipinski definition) is 17. The van der Waals surface area contributed by atoms with E-state index in [9.17, 15) is 58.3 Å². The van der Waals surface area contributed by atoms with Gasteiger partial charge in [0.25, 0.3) is 6.43 Å². The van der Waals surface area contributed by atoms with Crippen molar-refractivity contribution in [2.75, 3.05) is 13.7 Å². The minimum atomic E-state index is -2.64. The summed E-state index contributed by atoms with van der Waals surface area (Å²) in [7, 11) is 1.70. The average Bonchev–Trinajstić information content (AvgIpc) is 1.56. The fourth-order valence-electron chi connectivity index (χ4n) is 42.0. The molecule has 40 atom stereocenters. The molecule has 21 aliphatic rings. The van der Waals surface area contributed by atoms with Gasteiger partial charge in [-0.3, -0.25) is 42.7 Å². The molecule has 0 aliphatic heterocycles. The molecule has 22 nitrogen and oxygen atoms in total. The van der Waals surface area contributed by atoms with Crippen LogP contribution >= 0.6 is 11.6 Å². The summed E-state index contributed by atoms with van der Waals surface area (Å²) in [6, 6.07) is 7.54. The molecule has 0 amide bonds. The van der Waals surface area contributed by atoms with Crippen molar-refractivity contribution in [3.8, 4) is 23.1 Å². The molecule has 0 spiro atoms. The first-order valence-electron chi connectivity index (χ1n) is 60.4. The van der Waals surface area contributed by atoms with Crippen LogP contribution in [0.25, 0.3) is 0 Å². The third-order valence-corrected chi connectivity index (χ3v) is 48.9. The van der Waals surface area contributed by atoms with Gasteiger partial charge in [-0.2, -0.15) is 35.4 Å². The molecule has 21 fully saturated rings. The molecule has 5 N–H and O–H groups in total. The summed E-state index contributed by atoms with van der Waals surface area (Å²) in [5, 5.41) is 81.5. The van der Waals surface area contributed by atoms with Gasteiger partial charge < -0.3 is 30.3 Å². The van der Waals surface area contributed by atoms with E-state index in [0.29, 0.717) is 145 Å². The fourth-order valence-corrected chi connectivity index (χ4v) is 42.1. The molecule has 5 aromatic rings. The molecule has 0 bridgehead atoms. The molecule has 5 heterocycles. The maximum Gasteiger partial charge on any atom is 0.266 e. The number of methoxy groups -OCH3 is 1. The van der Waals surface area contributed by atoms with Crippen LogP contribution in [0.4, 0.5) is 8.78 Å². The zero-order chi connectivity index (χ0) is 104. The lowest BCUT2D eigenvalue weighted by atomic mass is 9.49. The predicted octanol–water partition coefficient (Wildman–Crippen LogP) is 22.2. The number of halogens is 3. The van der Waals surface area contributed by atoms with Gasteiger partial charge in [-0.15, -0.1) is 0 Å². The molecule has 5 aromatic heterocycles. The Hall–Kier alpha value is -6.64. The first-order valence-corrected chi connectivity index (χ1v) is 60.8. The van der Waals surface area contributed by atoms with Gasteiger partial charge in [-0.05, 0) is 520 Å². The summed E-state index contributed by atoms with van der Waals surface area (Å²) in [4.78, 5) is 67.4. The van der Waals surface area contributed by atoms with Crippen LogP contribution in [0.1, 0.15) is 343 Å². The number of ketones is 5. The Labute approximate surface area is 896 Å². The minimum absolute atomic E-state index is 0.0661. The Kier molecular flexibility index (Phi) is 30.8. The Morgan fingerprint density at radius 2 is 0.627 bits per heavy atom. The first kappa shape index (κ1) is 108. The molecule has 21 saturated carbocycles. The number of hydrogen-bond donors (Lipinski definition) is 5. The highest BCUT2D eigenvalue weighted by Crippen LogP contribution is 2.72. The van der Waals surface area contributed by atoms with Crippen molar-refractivity contribution in [3.63, 3.8) is 0 Å². The zero-order valence-electron chi connectivity index (χ0n) is 91.3. The third kappa shape index (κ3) is 20.7. The largest absolute Gasteiger partial charge is 0.390 e. The predicted molar refractivity (Wildman–Crippen MR) is 569 cm³/mol. The number of nitrogens with zero attached hydrogens (tertiary/aromatic N) is 11. The van der Waals surface area contributed by atoms with E-state index in [2.05, 4.69) is 88.4 Å². The summed E-state index contributed by atoms with van der Waals surface area (Å²) >= 11 is 5.62.